The van der Waals surface area contributed by atoms with Crippen molar-refractivity contribution in [2.75, 3.05) is 0 Å². The van der Waals surface area contributed by atoms with Crippen molar-refractivity contribution in [2.24, 2.45) is 0 Å². The third kappa shape index (κ3) is 7.44. The molecule has 1 radical (unpaired) electrons. The van der Waals surface area contributed by atoms with Crippen molar-refractivity contribution >= 4 is 9.76 Å². The summed E-state index contributed by atoms with van der Waals surface area (Å²) in [4.78, 5) is 19.7. The Morgan fingerprint density at radius 1 is 0.900 bits per heavy atom. The van der Waals surface area contributed by atoms with E-state index in [-0.39, 0.29) is 0 Å². The van der Waals surface area contributed by atoms with Crippen molar-refractivity contribution in [3.05, 3.63) is 30.7 Å². The number of allylic oxidation sites excluding steroid dienone is 4. The van der Waals surface area contributed by atoms with Crippen LogP contribution in [0.4, 0.5) is 0 Å². The van der Waals surface area contributed by atoms with E-state index in [1.165, 1.54) is 0 Å². The van der Waals surface area contributed by atoms with E-state index >= 15 is 0 Å². The number of rotatable bonds is 2. The zero-order chi connectivity index (χ0) is 7.66. The molecule has 0 aromatic carbocycles. The molecule has 0 amide bonds. The van der Waals surface area contributed by atoms with Gasteiger partial charge in [0.25, 0.3) is 0 Å². The topological polar surface area (TPSA) is 34.1 Å². The van der Waals surface area contributed by atoms with Crippen molar-refractivity contribution in [3.63, 3.8) is 0 Å². The van der Waals surface area contributed by atoms with Crippen LogP contribution in [0.1, 0.15) is 0 Å². The van der Waals surface area contributed by atoms with E-state index in [4.69, 9.17) is 0 Å². The van der Waals surface area contributed by atoms with E-state index in [1.54, 1.807) is 0 Å². The molecule has 0 saturated heterocycles. The van der Waals surface area contributed by atoms with Crippen molar-refractivity contribution in [3.8, 4) is 0 Å². The van der Waals surface area contributed by atoms with E-state index in [9.17, 15) is 9.59 Å². The summed E-state index contributed by atoms with van der Waals surface area (Å²) in [6.45, 7) is 0. The second-order valence-corrected chi connectivity index (χ2v) is 2.65. The summed E-state index contributed by atoms with van der Waals surface area (Å²) in [6.07, 6.45) is 10.0. The third-order valence-electron chi connectivity index (χ3n) is 0.652. The Bertz CT molecular complexity index is 134. The second kappa shape index (κ2) is 8.44. The molecular formula is C7H7O2Ru. The standard InChI is InChI=1S/C5H5.2CHO.Ru/c1-2-4-5-3-1;2*1-2;/h1-5H;2*1H;. The Morgan fingerprint density at radius 3 is 1.50 bits per heavy atom. The van der Waals surface area contributed by atoms with Crippen molar-refractivity contribution in [1.29, 1.82) is 0 Å². The molecule has 0 aromatic heterocycles. The zero-order valence-electron chi connectivity index (χ0n) is 5.21. The quantitative estimate of drug-likeness (QED) is 0.512. The summed E-state index contributed by atoms with van der Waals surface area (Å²) in [7, 11) is 0. The molecule has 0 aromatic rings. The fraction of sp³-hybridized carbons (Fsp3) is 0. The van der Waals surface area contributed by atoms with Crippen LogP contribution in [0.3, 0.4) is 0 Å². The van der Waals surface area contributed by atoms with Crippen LogP contribution in [0.15, 0.2) is 24.3 Å². The number of carbonyl (C=O) groups is 2. The van der Waals surface area contributed by atoms with Crippen LogP contribution in [0, 0.1) is 6.42 Å². The van der Waals surface area contributed by atoms with E-state index in [2.05, 4.69) is 0 Å². The Balaban J connectivity index is 0.000000162. The van der Waals surface area contributed by atoms with Gasteiger partial charge >= 0.3 is 36.5 Å². The molecule has 0 spiro atoms. The molecule has 0 aliphatic heterocycles. The van der Waals surface area contributed by atoms with Gasteiger partial charge in [-0.25, -0.2) is 0 Å². The maximum atomic E-state index is 9.21. The van der Waals surface area contributed by atoms with Gasteiger partial charge in [-0.1, -0.05) is 24.3 Å². The number of hydrogen-bond acceptors (Lipinski definition) is 2. The van der Waals surface area contributed by atoms with Crippen LogP contribution in [-0.4, -0.2) is 9.76 Å². The summed E-state index contributed by atoms with van der Waals surface area (Å²) < 4.78 is 0. The van der Waals surface area contributed by atoms with Gasteiger partial charge in [0.15, 0.2) is 0 Å². The van der Waals surface area contributed by atoms with Crippen LogP contribution in [0.5, 0.6) is 0 Å². The Kier molecular flexibility index (Phi) is 7.97. The Morgan fingerprint density at radius 2 is 1.40 bits per heavy atom. The van der Waals surface area contributed by atoms with Gasteiger partial charge in [-0.3, -0.25) is 0 Å². The molecule has 0 saturated carbocycles. The first-order chi connectivity index (χ1) is 4.91. The van der Waals surface area contributed by atoms with Gasteiger partial charge in [0.05, 0.1) is 0 Å². The van der Waals surface area contributed by atoms with E-state index in [0.717, 1.165) is 0 Å². The van der Waals surface area contributed by atoms with E-state index in [1.807, 2.05) is 30.7 Å². The van der Waals surface area contributed by atoms with Gasteiger partial charge in [0, 0.05) is 6.42 Å². The minimum Gasteiger partial charge on any atom is -0.0767 e. The SMILES string of the molecule is O=[CH][Ru][CH]=O.[CH]1C=CC=C1. The maximum absolute atomic E-state index is 9.21. The van der Waals surface area contributed by atoms with Crippen LogP contribution in [0.25, 0.3) is 0 Å². The van der Waals surface area contributed by atoms with Crippen molar-refractivity contribution in [1.82, 2.24) is 0 Å². The minimum absolute atomic E-state index is 0.592. The van der Waals surface area contributed by atoms with Crippen molar-refractivity contribution < 1.29 is 26.7 Å². The zero-order valence-corrected chi connectivity index (χ0v) is 6.95. The number of hydrogen-bond donors (Lipinski definition) is 0. The van der Waals surface area contributed by atoms with E-state index in [0.29, 0.717) is 9.76 Å². The fourth-order valence-electron chi connectivity index (χ4n) is 0.340. The van der Waals surface area contributed by atoms with E-state index < -0.39 is 17.1 Å². The van der Waals surface area contributed by atoms with Crippen LogP contribution >= 0.6 is 0 Å². The van der Waals surface area contributed by atoms with Gasteiger partial charge < -0.3 is 0 Å². The first kappa shape index (κ1) is 9.44. The van der Waals surface area contributed by atoms with Gasteiger partial charge in [0.1, 0.15) is 0 Å². The van der Waals surface area contributed by atoms with Crippen LogP contribution in [0.2, 0.25) is 0 Å². The predicted molar refractivity (Wildman–Crippen MR) is 36.1 cm³/mol. The first-order valence-corrected chi connectivity index (χ1v) is 4.55. The van der Waals surface area contributed by atoms with Gasteiger partial charge in [-0.05, 0) is 0 Å². The average molecular weight is 224 g/mol. The molecule has 55 valence electrons. The molecule has 0 fully saturated rings. The van der Waals surface area contributed by atoms with Gasteiger partial charge in [0.2, 0.25) is 0 Å². The summed E-state index contributed by atoms with van der Waals surface area (Å²) in [5, 5.41) is 0. The molecule has 0 bridgehead atoms. The largest absolute Gasteiger partial charge is 0.0767 e. The van der Waals surface area contributed by atoms with Crippen LogP contribution in [-0.2, 0) is 26.7 Å². The summed E-state index contributed by atoms with van der Waals surface area (Å²) >= 11 is -0.592. The first-order valence-electron chi connectivity index (χ1n) is 2.55. The second-order valence-electron chi connectivity index (χ2n) is 1.25. The predicted octanol–water partition coefficient (Wildman–Crippen LogP) is 0.766. The normalized spacial score (nSPS) is 12.4. The summed E-state index contributed by atoms with van der Waals surface area (Å²) in [5.74, 6) is 0. The van der Waals surface area contributed by atoms with Gasteiger partial charge in [-0.15, -0.1) is 0 Å². The molecule has 0 heterocycles. The maximum Gasteiger partial charge on any atom is 0.00506 e. The molecule has 0 unspecified atom stereocenters. The molecule has 10 heavy (non-hydrogen) atoms. The molecule has 2 nitrogen and oxygen atoms in total. The van der Waals surface area contributed by atoms with Crippen molar-refractivity contribution in [2.45, 2.75) is 0 Å². The molecule has 1 aliphatic carbocycles. The average Bonchev–Trinajstić information content (AvgIpc) is 2.44. The Labute approximate surface area is 67.6 Å². The molecule has 1 aliphatic rings. The fourth-order valence-corrected chi connectivity index (χ4v) is 0.437. The minimum atomic E-state index is -0.592. The molecule has 0 N–H and O–H groups in total. The molecule has 0 atom stereocenters. The van der Waals surface area contributed by atoms with Crippen LogP contribution < -0.4 is 0 Å². The Hall–Kier alpha value is -0.557. The third-order valence-corrected chi connectivity index (χ3v) is 1.12. The number of carbonyl (C=O) groups excluding carboxylic acids is 2. The monoisotopic (exact) mass is 225 g/mol. The van der Waals surface area contributed by atoms with Gasteiger partial charge in [-0.2, -0.15) is 0 Å². The summed E-state index contributed by atoms with van der Waals surface area (Å²) in [5.41, 5.74) is 0. The molecule has 3 heteroatoms. The summed E-state index contributed by atoms with van der Waals surface area (Å²) in [6, 6.07) is 0. The molecule has 1 rings (SSSR count). The molecular weight excluding hydrogens is 217 g/mol. The smallest absolute Gasteiger partial charge is 0.00506 e.